The van der Waals surface area contributed by atoms with Gasteiger partial charge in [0, 0.05) is 15.4 Å². The molecule has 0 fully saturated rings. The second kappa shape index (κ2) is 6.75. The van der Waals surface area contributed by atoms with E-state index in [-0.39, 0.29) is 5.56 Å². The lowest BCUT2D eigenvalue weighted by Gasteiger charge is -2.10. The van der Waals surface area contributed by atoms with Crippen molar-refractivity contribution in [3.63, 3.8) is 0 Å². The summed E-state index contributed by atoms with van der Waals surface area (Å²) in [7, 11) is 0. The lowest BCUT2D eigenvalue weighted by Crippen LogP contribution is -2.09. The highest BCUT2D eigenvalue weighted by molar-refractivity contribution is 7.99. The summed E-state index contributed by atoms with van der Waals surface area (Å²) in [5.74, 6) is 0.554. The van der Waals surface area contributed by atoms with Crippen molar-refractivity contribution in [2.45, 2.75) is 9.79 Å². The Balaban J connectivity index is 1.84. The van der Waals surface area contributed by atoms with Crippen molar-refractivity contribution in [2.24, 2.45) is 0 Å². The third kappa shape index (κ3) is 3.18. The Labute approximate surface area is 153 Å². The maximum atomic E-state index is 12.4. The Kier molecular flexibility index (Phi) is 4.30. The molecule has 5 heteroatoms. The van der Waals surface area contributed by atoms with Crippen molar-refractivity contribution in [1.29, 1.82) is 0 Å². The van der Waals surface area contributed by atoms with Gasteiger partial charge in [-0.1, -0.05) is 65.8 Å². The maximum Gasteiger partial charge on any atom is 0.259 e. The van der Waals surface area contributed by atoms with Crippen LogP contribution in [0.4, 0.5) is 0 Å². The second-order valence-electron chi connectivity index (χ2n) is 5.46. The zero-order valence-corrected chi connectivity index (χ0v) is 14.6. The molecule has 0 bridgehead atoms. The van der Waals surface area contributed by atoms with E-state index >= 15 is 0 Å². The van der Waals surface area contributed by atoms with Crippen molar-refractivity contribution in [3.05, 3.63) is 88.2 Å². The second-order valence-corrected chi connectivity index (χ2v) is 6.95. The number of nitrogens with one attached hydrogen (secondary N) is 1. The van der Waals surface area contributed by atoms with Gasteiger partial charge in [0.2, 0.25) is 0 Å². The van der Waals surface area contributed by atoms with Crippen LogP contribution in [-0.2, 0) is 0 Å². The molecule has 0 amide bonds. The summed E-state index contributed by atoms with van der Waals surface area (Å²) in [5, 5.41) is 1.28. The number of benzene rings is 3. The zero-order chi connectivity index (χ0) is 17.2. The summed E-state index contributed by atoms with van der Waals surface area (Å²) >= 11 is 7.83. The van der Waals surface area contributed by atoms with Crippen molar-refractivity contribution in [1.82, 2.24) is 9.97 Å². The van der Waals surface area contributed by atoms with Gasteiger partial charge >= 0.3 is 0 Å². The third-order valence-corrected chi connectivity index (χ3v) is 5.41. The molecule has 122 valence electrons. The third-order valence-electron chi connectivity index (χ3n) is 3.81. The van der Waals surface area contributed by atoms with E-state index in [1.165, 1.54) is 0 Å². The Bertz CT molecular complexity index is 1120. The van der Waals surface area contributed by atoms with Gasteiger partial charge in [-0.05, 0) is 30.3 Å². The lowest BCUT2D eigenvalue weighted by molar-refractivity contribution is 1.16. The van der Waals surface area contributed by atoms with Crippen molar-refractivity contribution >= 4 is 34.3 Å². The van der Waals surface area contributed by atoms with Crippen molar-refractivity contribution in [3.8, 4) is 11.4 Å². The summed E-state index contributed by atoms with van der Waals surface area (Å²) in [6.45, 7) is 0. The normalized spacial score (nSPS) is 10.9. The number of halogens is 1. The molecule has 3 aromatic carbocycles. The van der Waals surface area contributed by atoms with Crippen LogP contribution in [0.2, 0.25) is 5.02 Å². The number of nitrogens with zero attached hydrogens (tertiary/aromatic N) is 1. The zero-order valence-electron chi connectivity index (χ0n) is 13.1. The number of rotatable bonds is 3. The van der Waals surface area contributed by atoms with Crippen LogP contribution >= 0.6 is 23.4 Å². The van der Waals surface area contributed by atoms with Crippen LogP contribution in [0.1, 0.15) is 0 Å². The molecule has 0 saturated carbocycles. The van der Waals surface area contributed by atoms with E-state index in [0.717, 1.165) is 15.4 Å². The molecule has 0 saturated heterocycles. The standard InChI is InChI=1S/C20H13ClN2OS/c21-15-9-3-6-12-18(15)25-17-11-5-2-8-14(17)19-22-16-10-4-1-7-13(16)20(24)23-19/h1-12H,(H,22,23,24). The molecule has 0 aliphatic heterocycles. The summed E-state index contributed by atoms with van der Waals surface area (Å²) in [5.41, 5.74) is 1.41. The molecule has 1 heterocycles. The van der Waals surface area contributed by atoms with Crippen molar-refractivity contribution in [2.75, 3.05) is 0 Å². The molecule has 4 aromatic rings. The van der Waals surface area contributed by atoms with Gasteiger partial charge in [-0.25, -0.2) is 4.98 Å². The predicted molar refractivity (Wildman–Crippen MR) is 103 cm³/mol. The van der Waals surface area contributed by atoms with Gasteiger partial charge in [-0.3, -0.25) is 4.79 Å². The highest BCUT2D eigenvalue weighted by Crippen LogP contribution is 2.37. The van der Waals surface area contributed by atoms with Crippen LogP contribution in [0.25, 0.3) is 22.3 Å². The van der Waals surface area contributed by atoms with E-state index in [2.05, 4.69) is 9.97 Å². The van der Waals surface area contributed by atoms with Gasteiger partial charge in [0.25, 0.3) is 5.56 Å². The van der Waals surface area contributed by atoms with E-state index < -0.39 is 0 Å². The molecule has 25 heavy (non-hydrogen) atoms. The monoisotopic (exact) mass is 364 g/mol. The molecule has 1 N–H and O–H groups in total. The number of hydrogen-bond donors (Lipinski definition) is 1. The largest absolute Gasteiger partial charge is 0.306 e. The molecule has 0 aliphatic carbocycles. The number of hydrogen-bond acceptors (Lipinski definition) is 3. The Hall–Kier alpha value is -2.56. The van der Waals surface area contributed by atoms with Crippen LogP contribution < -0.4 is 5.56 Å². The number of aromatic amines is 1. The summed E-state index contributed by atoms with van der Waals surface area (Å²) < 4.78 is 0. The Morgan fingerprint density at radius 1 is 0.840 bits per heavy atom. The van der Waals surface area contributed by atoms with Crippen LogP contribution in [0.3, 0.4) is 0 Å². The van der Waals surface area contributed by atoms with Crippen molar-refractivity contribution < 1.29 is 0 Å². The topological polar surface area (TPSA) is 45.8 Å². The Morgan fingerprint density at radius 2 is 1.52 bits per heavy atom. The molecule has 0 atom stereocenters. The number of H-pyrrole nitrogens is 1. The average Bonchev–Trinajstić information content (AvgIpc) is 2.64. The number of aromatic nitrogens is 2. The highest BCUT2D eigenvalue weighted by Gasteiger charge is 2.11. The van der Waals surface area contributed by atoms with Gasteiger partial charge in [0.15, 0.2) is 0 Å². The van der Waals surface area contributed by atoms with E-state index in [9.17, 15) is 4.79 Å². The van der Waals surface area contributed by atoms with E-state index in [0.29, 0.717) is 21.7 Å². The minimum atomic E-state index is -0.141. The quantitative estimate of drug-likeness (QED) is 0.529. The summed E-state index contributed by atoms with van der Waals surface area (Å²) in [6, 6.07) is 22.9. The first-order valence-electron chi connectivity index (χ1n) is 7.73. The summed E-state index contributed by atoms with van der Waals surface area (Å²) in [4.78, 5) is 21.8. The van der Waals surface area contributed by atoms with Crippen LogP contribution in [0, 0.1) is 0 Å². The molecule has 4 rings (SSSR count). The fourth-order valence-corrected chi connectivity index (χ4v) is 3.83. The number of fused-ring (bicyclic) bond motifs is 1. The number of para-hydroxylation sites is 1. The van der Waals surface area contributed by atoms with Gasteiger partial charge in [-0.15, -0.1) is 0 Å². The smallest absolute Gasteiger partial charge is 0.259 e. The first-order valence-corrected chi connectivity index (χ1v) is 8.93. The Morgan fingerprint density at radius 3 is 2.36 bits per heavy atom. The fraction of sp³-hybridized carbons (Fsp3) is 0. The van der Waals surface area contributed by atoms with Gasteiger partial charge in [0.05, 0.1) is 15.9 Å². The minimum Gasteiger partial charge on any atom is -0.306 e. The van der Waals surface area contributed by atoms with Crippen LogP contribution in [-0.4, -0.2) is 9.97 Å². The van der Waals surface area contributed by atoms with Crippen LogP contribution in [0.5, 0.6) is 0 Å². The lowest BCUT2D eigenvalue weighted by atomic mass is 10.2. The van der Waals surface area contributed by atoms with E-state index in [1.54, 1.807) is 17.8 Å². The first kappa shape index (κ1) is 15.9. The average molecular weight is 365 g/mol. The molecular formula is C20H13ClN2OS. The molecule has 0 unspecified atom stereocenters. The highest BCUT2D eigenvalue weighted by atomic mass is 35.5. The molecule has 1 aromatic heterocycles. The minimum absolute atomic E-state index is 0.141. The van der Waals surface area contributed by atoms with E-state index in [4.69, 9.17) is 11.6 Å². The maximum absolute atomic E-state index is 12.4. The molecular weight excluding hydrogens is 352 g/mol. The molecule has 0 radical (unpaired) electrons. The predicted octanol–water partition coefficient (Wildman–Crippen LogP) is 5.39. The first-order chi connectivity index (χ1) is 12.2. The van der Waals surface area contributed by atoms with Gasteiger partial charge in [-0.2, -0.15) is 0 Å². The van der Waals surface area contributed by atoms with Gasteiger partial charge < -0.3 is 4.98 Å². The van der Waals surface area contributed by atoms with Gasteiger partial charge in [0.1, 0.15) is 5.82 Å². The van der Waals surface area contributed by atoms with E-state index in [1.807, 2.05) is 66.7 Å². The summed E-state index contributed by atoms with van der Waals surface area (Å²) in [6.07, 6.45) is 0. The molecule has 0 aliphatic rings. The van der Waals surface area contributed by atoms with Crippen LogP contribution in [0.15, 0.2) is 87.4 Å². The molecule has 0 spiro atoms. The fourth-order valence-electron chi connectivity index (χ4n) is 2.61. The molecule has 3 nitrogen and oxygen atoms in total. The SMILES string of the molecule is O=c1[nH]c(-c2ccccc2Sc2ccccc2Cl)nc2ccccc12.